The molecule has 2 unspecified atom stereocenters. The molecule has 1 aliphatic carbocycles. The summed E-state index contributed by atoms with van der Waals surface area (Å²) in [7, 11) is 0. The van der Waals surface area contributed by atoms with E-state index >= 15 is 0 Å². The Labute approximate surface area is 112 Å². The van der Waals surface area contributed by atoms with Gasteiger partial charge in [0.25, 0.3) is 0 Å². The van der Waals surface area contributed by atoms with Gasteiger partial charge in [-0.1, -0.05) is 12.1 Å². The molecule has 19 heavy (non-hydrogen) atoms. The Hall–Kier alpha value is -1.84. The van der Waals surface area contributed by atoms with Crippen LogP contribution in [0.2, 0.25) is 0 Å². The van der Waals surface area contributed by atoms with Crippen LogP contribution in [0.15, 0.2) is 24.3 Å². The quantitative estimate of drug-likeness (QED) is 0.792. The van der Waals surface area contributed by atoms with Crippen molar-refractivity contribution in [2.45, 2.75) is 32.7 Å². The maximum absolute atomic E-state index is 11.7. The van der Waals surface area contributed by atoms with Crippen LogP contribution in [0, 0.1) is 5.92 Å². The second-order valence-electron chi connectivity index (χ2n) is 4.90. The smallest absolute Gasteiger partial charge is 0.309 e. The van der Waals surface area contributed by atoms with E-state index in [9.17, 15) is 4.79 Å². The van der Waals surface area contributed by atoms with E-state index < -0.39 is 0 Å². The average molecular weight is 258 g/mol. The molecule has 1 aromatic carbocycles. The van der Waals surface area contributed by atoms with Gasteiger partial charge in [-0.05, 0) is 32.4 Å². The maximum Gasteiger partial charge on any atom is 0.309 e. The monoisotopic (exact) mass is 258 g/mol. The van der Waals surface area contributed by atoms with Gasteiger partial charge >= 0.3 is 5.97 Å². The fraction of sp³-hybridized carbons (Fsp3) is 0.467. The number of hydrogen-bond acceptors (Lipinski definition) is 3. The lowest BCUT2D eigenvalue weighted by atomic mass is 10.3. The van der Waals surface area contributed by atoms with Crippen molar-refractivity contribution in [2.75, 3.05) is 6.61 Å². The molecular weight excluding hydrogens is 240 g/mol. The van der Waals surface area contributed by atoms with Crippen molar-refractivity contribution in [3.8, 4) is 0 Å². The molecular formula is C15H18N2O2. The highest BCUT2D eigenvalue weighted by Gasteiger charge is 2.47. The number of aromatic nitrogens is 2. The lowest BCUT2D eigenvalue weighted by Crippen LogP contribution is -2.09. The number of benzene rings is 1. The van der Waals surface area contributed by atoms with Crippen LogP contribution >= 0.6 is 0 Å². The molecule has 2 atom stereocenters. The summed E-state index contributed by atoms with van der Waals surface area (Å²) in [6.07, 6.45) is 0.863. The lowest BCUT2D eigenvalue weighted by Gasteiger charge is -2.05. The lowest BCUT2D eigenvalue weighted by molar-refractivity contribution is -0.144. The van der Waals surface area contributed by atoms with Gasteiger partial charge < -0.3 is 9.30 Å². The van der Waals surface area contributed by atoms with Crippen molar-refractivity contribution < 1.29 is 9.53 Å². The number of para-hydroxylation sites is 2. The topological polar surface area (TPSA) is 44.1 Å². The van der Waals surface area contributed by atoms with Gasteiger partial charge in [-0.3, -0.25) is 4.79 Å². The predicted molar refractivity (Wildman–Crippen MR) is 72.9 cm³/mol. The summed E-state index contributed by atoms with van der Waals surface area (Å²) < 4.78 is 7.30. The van der Waals surface area contributed by atoms with Crippen LogP contribution in [0.1, 0.15) is 32.0 Å². The summed E-state index contributed by atoms with van der Waals surface area (Å²) >= 11 is 0. The molecule has 3 rings (SSSR count). The maximum atomic E-state index is 11.7. The molecule has 0 saturated heterocycles. The van der Waals surface area contributed by atoms with E-state index in [4.69, 9.17) is 9.72 Å². The van der Waals surface area contributed by atoms with Gasteiger partial charge in [0.15, 0.2) is 0 Å². The molecule has 1 aromatic heterocycles. The molecule has 0 amide bonds. The number of ether oxygens (including phenoxy) is 1. The summed E-state index contributed by atoms with van der Waals surface area (Å²) in [5.74, 6) is 1.18. The zero-order valence-electron chi connectivity index (χ0n) is 11.3. The van der Waals surface area contributed by atoms with Crippen LogP contribution in [0.3, 0.4) is 0 Å². The highest BCUT2D eigenvalue weighted by atomic mass is 16.5. The van der Waals surface area contributed by atoms with Crippen LogP contribution in [-0.4, -0.2) is 22.1 Å². The largest absolute Gasteiger partial charge is 0.466 e. The highest BCUT2D eigenvalue weighted by Crippen LogP contribution is 2.48. The van der Waals surface area contributed by atoms with Gasteiger partial charge in [0.2, 0.25) is 0 Å². The minimum atomic E-state index is -0.0813. The summed E-state index contributed by atoms with van der Waals surface area (Å²) in [6, 6.07) is 8.12. The average Bonchev–Trinajstić information content (AvgIpc) is 3.13. The first-order valence-corrected chi connectivity index (χ1v) is 6.88. The molecule has 4 heteroatoms. The summed E-state index contributed by atoms with van der Waals surface area (Å²) in [5, 5.41) is 0. The minimum Gasteiger partial charge on any atom is -0.466 e. The molecule has 1 heterocycles. The van der Waals surface area contributed by atoms with Gasteiger partial charge in [-0.25, -0.2) is 4.98 Å². The van der Waals surface area contributed by atoms with Crippen LogP contribution < -0.4 is 0 Å². The third-order valence-electron chi connectivity index (χ3n) is 3.71. The molecule has 0 spiro atoms. The van der Waals surface area contributed by atoms with Crippen LogP contribution in [0.4, 0.5) is 0 Å². The van der Waals surface area contributed by atoms with Crippen molar-refractivity contribution in [1.82, 2.24) is 9.55 Å². The van der Waals surface area contributed by atoms with Gasteiger partial charge in [-0.2, -0.15) is 0 Å². The predicted octanol–water partition coefficient (Wildman–Crippen LogP) is 2.72. The molecule has 4 nitrogen and oxygen atoms in total. The second kappa shape index (κ2) is 4.68. The van der Waals surface area contributed by atoms with E-state index in [1.54, 1.807) is 0 Å². The van der Waals surface area contributed by atoms with Gasteiger partial charge in [-0.15, -0.1) is 0 Å². The van der Waals surface area contributed by atoms with Crippen LogP contribution in [0.5, 0.6) is 0 Å². The number of carbonyl (C=O) groups is 1. The Morgan fingerprint density at radius 3 is 2.95 bits per heavy atom. The summed E-state index contributed by atoms with van der Waals surface area (Å²) in [4.78, 5) is 16.4. The van der Waals surface area contributed by atoms with E-state index in [0.717, 1.165) is 29.8 Å². The SMILES string of the molecule is CCOC(=O)C1CC1c1nc2ccccc2n1CC. The third-order valence-corrected chi connectivity index (χ3v) is 3.71. The Morgan fingerprint density at radius 1 is 1.42 bits per heavy atom. The van der Waals surface area contributed by atoms with E-state index in [1.165, 1.54) is 0 Å². The number of imidazole rings is 1. The Balaban J connectivity index is 1.92. The first kappa shape index (κ1) is 12.2. The zero-order valence-corrected chi connectivity index (χ0v) is 11.3. The molecule has 2 aromatic rings. The fourth-order valence-corrected chi connectivity index (χ4v) is 2.70. The molecule has 1 saturated carbocycles. The summed E-state index contributed by atoms with van der Waals surface area (Å²) in [5.41, 5.74) is 2.16. The molecule has 100 valence electrons. The van der Waals surface area contributed by atoms with Gasteiger partial charge in [0.1, 0.15) is 5.82 Å². The minimum absolute atomic E-state index is 0.00191. The van der Waals surface area contributed by atoms with Crippen LogP contribution in [-0.2, 0) is 16.1 Å². The molecule has 1 aliphatic rings. The van der Waals surface area contributed by atoms with Crippen molar-refractivity contribution in [2.24, 2.45) is 5.92 Å². The molecule has 0 radical (unpaired) electrons. The van der Waals surface area contributed by atoms with E-state index in [-0.39, 0.29) is 17.8 Å². The standard InChI is InChI=1S/C15H18N2O2/c1-3-17-13-8-6-5-7-12(13)16-14(17)10-9-11(10)15(18)19-4-2/h5-8,10-11H,3-4,9H2,1-2H3. The van der Waals surface area contributed by atoms with Crippen molar-refractivity contribution in [3.05, 3.63) is 30.1 Å². The molecule has 0 N–H and O–H groups in total. The van der Waals surface area contributed by atoms with E-state index in [1.807, 2.05) is 25.1 Å². The Morgan fingerprint density at radius 2 is 2.21 bits per heavy atom. The first-order valence-electron chi connectivity index (χ1n) is 6.88. The fourth-order valence-electron chi connectivity index (χ4n) is 2.70. The Kier molecular flexibility index (Phi) is 3.01. The zero-order chi connectivity index (χ0) is 13.4. The number of rotatable bonds is 4. The summed E-state index contributed by atoms with van der Waals surface area (Å²) in [6.45, 7) is 5.28. The second-order valence-corrected chi connectivity index (χ2v) is 4.90. The number of fused-ring (bicyclic) bond motifs is 1. The molecule has 0 aliphatic heterocycles. The third kappa shape index (κ3) is 2.01. The highest BCUT2D eigenvalue weighted by molar-refractivity contribution is 5.79. The number of aryl methyl sites for hydroxylation is 1. The molecule has 1 fully saturated rings. The normalized spacial score (nSPS) is 21.6. The first-order chi connectivity index (χ1) is 9.26. The van der Waals surface area contributed by atoms with Crippen LogP contribution in [0.25, 0.3) is 11.0 Å². The van der Waals surface area contributed by atoms with Crippen molar-refractivity contribution in [1.29, 1.82) is 0 Å². The number of carbonyl (C=O) groups excluding carboxylic acids is 1. The van der Waals surface area contributed by atoms with E-state index in [2.05, 4.69) is 17.6 Å². The van der Waals surface area contributed by atoms with Crippen molar-refractivity contribution >= 4 is 17.0 Å². The number of nitrogens with zero attached hydrogens (tertiary/aromatic N) is 2. The van der Waals surface area contributed by atoms with Gasteiger partial charge in [0.05, 0.1) is 23.6 Å². The number of esters is 1. The van der Waals surface area contributed by atoms with Crippen molar-refractivity contribution in [3.63, 3.8) is 0 Å². The van der Waals surface area contributed by atoms with Gasteiger partial charge in [0, 0.05) is 12.5 Å². The van der Waals surface area contributed by atoms with E-state index in [0.29, 0.717) is 6.61 Å². The number of hydrogen-bond donors (Lipinski definition) is 0. The molecule has 0 bridgehead atoms. The Bertz CT molecular complexity index is 618.